The monoisotopic (exact) mass is 202 g/mol. The first-order chi connectivity index (χ1) is 6.00. The number of hydrogen-bond donors (Lipinski definition) is 0. The van der Waals surface area contributed by atoms with Gasteiger partial charge in [-0.15, -0.1) is 0 Å². The van der Waals surface area contributed by atoms with Gasteiger partial charge >= 0.3 is 35.5 Å². The molecule has 0 N–H and O–H groups in total. The van der Waals surface area contributed by atoms with Crippen LogP contribution in [0, 0.1) is 5.41 Å². The van der Waals surface area contributed by atoms with E-state index in [0.29, 0.717) is 5.75 Å². The van der Waals surface area contributed by atoms with E-state index >= 15 is 0 Å². The van der Waals surface area contributed by atoms with Crippen molar-refractivity contribution in [3.63, 3.8) is 0 Å². The molecule has 0 bridgehead atoms. The Morgan fingerprint density at radius 1 is 1.21 bits per heavy atom. The van der Waals surface area contributed by atoms with Crippen LogP contribution in [0.1, 0.15) is 22.2 Å². The zero-order valence-electron chi connectivity index (χ0n) is 10.2. The van der Waals surface area contributed by atoms with Crippen molar-refractivity contribution >= 4 is 5.97 Å². The Bertz CT molecular complexity index is 293. The molecule has 0 unspecified atom stereocenters. The summed E-state index contributed by atoms with van der Waals surface area (Å²) in [6.07, 6.45) is 0. The van der Waals surface area contributed by atoms with Gasteiger partial charge in [0.2, 0.25) is 0 Å². The van der Waals surface area contributed by atoms with Gasteiger partial charge in [-0.3, -0.25) is 4.79 Å². The molecule has 72 valence electrons. The molecule has 0 aliphatic heterocycles. The van der Waals surface area contributed by atoms with Crippen LogP contribution in [0.3, 0.4) is 0 Å². The first-order valence-electron chi connectivity index (χ1n) is 4.27. The van der Waals surface area contributed by atoms with Gasteiger partial charge in [0.1, 0.15) is 5.75 Å². The SMILES string of the molecule is CC(C)(C)C(=O)Oc1ccccc1.[H-].[Na+]. The Balaban J connectivity index is 0. The van der Waals surface area contributed by atoms with E-state index in [0.717, 1.165) is 0 Å². The summed E-state index contributed by atoms with van der Waals surface area (Å²) in [6.45, 7) is 5.49. The molecule has 0 aliphatic rings. The summed E-state index contributed by atoms with van der Waals surface area (Å²) in [4.78, 5) is 11.4. The van der Waals surface area contributed by atoms with Crippen molar-refractivity contribution < 1.29 is 40.5 Å². The summed E-state index contributed by atoms with van der Waals surface area (Å²) in [7, 11) is 0. The van der Waals surface area contributed by atoms with Crippen molar-refractivity contribution in [2.75, 3.05) is 0 Å². The molecule has 0 aromatic heterocycles. The molecule has 0 aliphatic carbocycles. The smallest absolute Gasteiger partial charge is 1.00 e. The second-order valence-corrected chi connectivity index (χ2v) is 3.95. The van der Waals surface area contributed by atoms with Crippen LogP contribution < -0.4 is 34.3 Å². The van der Waals surface area contributed by atoms with E-state index in [1.807, 2.05) is 39.0 Å². The molecular formula is C11H15NaO2. The number of carbonyl (C=O) groups excluding carboxylic acids is 1. The van der Waals surface area contributed by atoms with Gasteiger partial charge in [0.05, 0.1) is 5.41 Å². The molecule has 1 aromatic rings. The van der Waals surface area contributed by atoms with Crippen molar-refractivity contribution in [1.82, 2.24) is 0 Å². The second kappa shape index (κ2) is 5.54. The summed E-state index contributed by atoms with van der Waals surface area (Å²) in [5, 5.41) is 0. The number of para-hydroxylation sites is 1. The Morgan fingerprint density at radius 2 is 1.71 bits per heavy atom. The molecule has 0 spiro atoms. The molecule has 14 heavy (non-hydrogen) atoms. The summed E-state index contributed by atoms with van der Waals surface area (Å²) >= 11 is 0. The van der Waals surface area contributed by atoms with Crippen LogP contribution in [0.4, 0.5) is 0 Å². The van der Waals surface area contributed by atoms with Crippen LogP contribution in [0.25, 0.3) is 0 Å². The number of benzene rings is 1. The van der Waals surface area contributed by atoms with Gasteiger partial charge < -0.3 is 6.16 Å². The zero-order chi connectivity index (χ0) is 9.90. The van der Waals surface area contributed by atoms with Gasteiger partial charge in [0, 0.05) is 0 Å². The van der Waals surface area contributed by atoms with E-state index in [-0.39, 0.29) is 37.0 Å². The molecule has 0 fully saturated rings. The van der Waals surface area contributed by atoms with Crippen LogP contribution in [-0.4, -0.2) is 5.97 Å². The van der Waals surface area contributed by atoms with Gasteiger partial charge in [-0.05, 0) is 32.9 Å². The first kappa shape index (κ1) is 13.7. The number of esters is 1. The van der Waals surface area contributed by atoms with Crippen molar-refractivity contribution in [3.05, 3.63) is 30.3 Å². The van der Waals surface area contributed by atoms with E-state index < -0.39 is 5.41 Å². The minimum Gasteiger partial charge on any atom is -1.00 e. The van der Waals surface area contributed by atoms with E-state index in [9.17, 15) is 4.79 Å². The molecule has 0 heterocycles. The van der Waals surface area contributed by atoms with Crippen molar-refractivity contribution in [2.45, 2.75) is 20.8 Å². The standard InChI is InChI=1S/C11H14O2.Na.H/c1-11(2,3)10(12)13-9-7-5-4-6-8-9;;/h4-8H,1-3H3;;/q;+1;-1. The maximum absolute atomic E-state index is 11.4. The third-order valence-corrected chi connectivity index (χ3v) is 1.57. The van der Waals surface area contributed by atoms with Gasteiger partial charge in [0.25, 0.3) is 0 Å². The number of hydrogen-bond acceptors (Lipinski definition) is 2. The second-order valence-electron chi connectivity index (χ2n) is 3.95. The molecule has 1 rings (SSSR count). The van der Waals surface area contributed by atoms with E-state index in [4.69, 9.17) is 4.74 Å². The number of carbonyl (C=O) groups is 1. The van der Waals surface area contributed by atoms with Crippen molar-refractivity contribution in [3.8, 4) is 5.75 Å². The van der Waals surface area contributed by atoms with E-state index in [2.05, 4.69) is 0 Å². The molecule has 2 nitrogen and oxygen atoms in total. The van der Waals surface area contributed by atoms with E-state index in [1.165, 1.54) is 0 Å². The predicted octanol–water partition coefficient (Wildman–Crippen LogP) is -0.245. The number of ether oxygens (including phenoxy) is 1. The molecule has 3 heteroatoms. The van der Waals surface area contributed by atoms with Crippen LogP contribution in [-0.2, 0) is 4.79 Å². The van der Waals surface area contributed by atoms with Gasteiger partial charge in [-0.25, -0.2) is 0 Å². The van der Waals surface area contributed by atoms with Crippen LogP contribution >= 0.6 is 0 Å². The maximum atomic E-state index is 11.4. The first-order valence-corrected chi connectivity index (χ1v) is 4.27. The molecule has 0 saturated carbocycles. The van der Waals surface area contributed by atoms with Crippen LogP contribution in [0.2, 0.25) is 0 Å². The third-order valence-electron chi connectivity index (χ3n) is 1.57. The molecule has 1 aromatic carbocycles. The quantitative estimate of drug-likeness (QED) is 0.357. The average molecular weight is 202 g/mol. The molecule has 0 amide bonds. The van der Waals surface area contributed by atoms with Crippen molar-refractivity contribution in [1.29, 1.82) is 0 Å². The van der Waals surface area contributed by atoms with Crippen LogP contribution in [0.5, 0.6) is 5.75 Å². The third kappa shape index (κ3) is 4.27. The topological polar surface area (TPSA) is 26.3 Å². The average Bonchev–Trinajstić information content (AvgIpc) is 2.04. The fourth-order valence-electron chi connectivity index (χ4n) is 0.749. The maximum Gasteiger partial charge on any atom is 1.00 e. The van der Waals surface area contributed by atoms with Gasteiger partial charge in [-0.2, -0.15) is 0 Å². The summed E-state index contributed by atoms with van der Waals surface area (Å²) in [6, 6.07) is 9.10. The minimum atomic E-state index is -0.449. The Kier molecular flexibility index (Phi) is 5.42. The molecule has 0 saturated heterocycles. The minimum absolute atomic E-state index is 0. The fourth-order valence-corrected chi connectivity index (χ4v) is 0.749. The zero-order valence-corrected chi connectivity index (χ0v) is 11.2. The largest absolute Gasteiger partial charge is 1.00 e. The van der Waals surface area contributed by atoms with E-state index in [1.54, 1.807) is 12.1 Å². The molecule has 0 radical (unpaired) electrons. The Labute approximate surface area is 108 Å². The summed E-state index contributed by atoms with van der Waals surface area (Å²) in [5.74, 6) is 0.390. The molecule has 0 atom stereocenters. The van der Waals surface area contributed by atoms with Gasteiger partial charge in [0.15, 0.2) is 0 Å². The summed E-state index contributed by atoms with van der Waals surface area (Å²) in [5.41, 5.74) is -0.449. The van der Waals surface area contributed by atoms with Crippen molar-refractivity contribution in [2.24, 2.45) is 5.41 Å². The summed E-state index contributed by atoms with van der Waals surface area (Å²) < 4.78 is 5.14. The predicted molar refractivity (Wildman–Crippen MR) is 52.6 cm³/mol. The fraction of sp³-hybridized carbons (Fsp3) is 0.364. The van der Waals surface area contributed by atoms with Crippen LogP contribution in [0.15, 0.2) is 30.3 Å². The van der Waals surface area contributed by atoms with Gasteiger partial charge in [-0.1, -0.05) is 18.2 Å². The Morgan fingerprint density at radius 3 is 2.14 bits per heavy atom. The molecular weight excluding hydrogens is 187 g/mol. The Hall–Kier alpha value is -0.310. The normalized spacial score (nSPS) is 10.2. The number of rotatable bonds is 1.